The van der Waals surface area contributed by atoms with E-state index in [2.05, 4.69) is 4.72 Å². The topological polar surface area (TPSA) is 92.7 Å². The molecule has 0 saturated heterocycles. The monoisotopic (exact) mass is 349 g/mol. The van der Waals surface area contributed by atoms with Crippen molar-refractivity contribution in [2.75, 3.05) is 13.7 Å². The zero-order valence-electron chi connectivity index (χ0n) is 13.4. The summed E-state index contributed by atoms with van der Waals surface area (Å²) in [5.41, 5.74) is 1.25. The number of aromatic carboxylic acids is 1. The van der Waals surface area contributed by atoms with E-state index in [1.165, 1.54) is 25.2 Å². The summed E-state index contributed by atoms with van der Waals surface area (Å²) in [6.07, 6.45) is 0.769. The van der Waals surface area contributed by atoms with Gasteiger partial charge in [-0.05, 0) is 48.9 Å². The maximum atomic E-state index is 11.9. The van der Waals surface area contributed by atoms with E-state index in [1.807, 2.05) is 6.92 Å². The van der Waals surface area contributed by atoms with Crippen LogP contribution in [0, 0.1) is 0 Å². The standard InChI is InChI=1S/C17H19NO5S/c1-3-9-23-16-8-7-13(11-15(16)17(19)20)12-5-4-6-14(10-12)24(21,22)18-2/h4-8,10-11,18H,3,9H2,1-2H3,(H,19,20). The number of carbonyl (C=O) groups is 1. The molecule has 2 aromatic rings. The summed E-state index contributed by atoms with van der Waals surface area (Å²) < 4.78 is 31.5. The summed E-state index contributed by atoms with van der Waals surface area (Å²) >= 11 is 0. The Kier molecular flexibility index (Phi) is 5.58. The van der Waals surface area contributed by atoms with Gasteiger partial charge >= 0.3 is 5.97 Å². The Hall–Kier alpha value is -2.38. The fourth-order valence-electron chi connectivity index (χ4n) is 2.18. The van der Waals surface area contributed by atoms with E-state index >= 15 is 0 Å². The molecule has 0 aliphatic carbocycles. The summed E-state index contributed by atoms with van der Waals surface area (Å²) in [5, 5.41) is 9.37. The molecule has 0 atom stereocenters. The highest BCUT2D eigenvalue weighted by Crippen LogP contribution is 2.28. The van der Waals surface area contributed by atoms with Crippen LogP contribution >= 0.6 is 0 Å². The van der Waals surface area contributed by atoms with Gasteiger partial charge in [0.25, 0.3) is 0 Å². The number of benzene rings is 2. The Morgan fingerprint density at radius 2 is 1.88 bits per heavy atom. The summed E-state index contributed by atoms with van der Waals surface area (Å²) in [6.45, 7) is 2.36. The molecule has 0 radical (unpaired) electrons. The predicted octanol–water partition coefficient (Wildman–Crippen LogP) is 2.75. The van der Waals surface area contributed by atoms with E-state index in [0.29, 0.717) is 23.5 Å². The van der Waals surface area contributed by atoms with E-state index in [9.17, 15) is 18.3 Å². The molecule has 0 heterocycles. The number of hydrogen-bond donors (Lipinski definition) is 2. The molecule has 128 valence electrons. The second kappa shape index (κ2) is 7.46. The van der Waals surface area contributed by atoms with Crippen LogP contribution in [-0.4, -0.2) is 33.1 Å². The zero-order chi connectivity index (χ0) is 17.7. The van der Waals surface area contributed by atoms with Crippen molar-refractivity contribution >= 4 is 16.0 Å². The van der Waals surface area contributed by atoms with E-state index in [0.717, 1.165) is 6.42 Å². The van der Waals surface area contributed by atoms with E-state index in [-0.39, 0.29) is 10.5 Å². The predicted molar refractivity (Wildman–Crippen MR) is 90.9 cm³/mol. The third kappa shape index (κ3) is 3.93. The number of carboxylic acids is 1. The first-order valence-corrected chi connectivity index (χ1v) is 8.91. The van der Waals surface area contributed by atoms with Crippen LogP contribution in [0.3, 0.4) is 0 Å². The van der Waals surface area contributed by atoms with Crippen LogP contribution in [0.25, 0.3) is 11.1 Å². The van der Waals surface area contributed by atoms with Crippen LogP contribution < -0.4 is 9.46 Å². The van der Waals surface area contributed by atoms with Crippen molar-refractivity contribution in [1.82, 2.24) is 4.72 Å². The number of hydrogen-bond acceptors (Lipinski definition) is 4. The molecule has 2 aromatic carbocycles. The lowest BCUT2D eigenvalue weighted by atomic mass is 10.0. The molecular formula is C17H19NO5S. The number of ether oxygens (including phenoxy) is 1. The van der Waals surface area contributed by atoms with Gasteiger partial charge in [0.2, 0.25) is 10.0 Å². The Bertz CT molecular complexity index is 846. The molecule has 2 rings (SSSR count). The Balaban J connectivity index is 2.48. The van der Waals surface area contributed by atoms with Gasteiger partial charge in [0, 0.05) is 0 Å². The van der Waals surface area contributed by atoms with Gasteiger partial charge in [-0.2, -0.15) is 0 Å². The summed E-state index contributed by atoms with van der Waals surface area (Å²) in [5.74, 6) is -0.797. The maximum Gasteiger partial charge on any atom is 0.339 e. The smallest absolute Gasteiger partial charge is 0.339 e. The molecule has 2 N–H and O–H groups in total. The van der Waals surface area contributed by atoms with Gasteiger partial charge in [0.15, 0.2) is 0 Å². The van der Waals surface area contributed by atoms with Crippen LogP contribution in [0.1, 0.15) is 23.7 Å². The SMILES string of the molecule is CCCOc1ccc(-c2cccc(S(=O)(=O)NC)c2)cc1C(=O)O. The molecule has 24 heavy (non-hydrogen) atoms. The average molecular weight is 349 g/mol. The van der Waals surface area contributed by atoms with Crippen molar-refractivity contribution in [3.8, 4) is 16.9 Å². The normalized spacial score (nSPS) is 11.2. The van der Waals surface area contributed by atoms with E-state index in [4.69, 9.17) is 4.74 Å². The quantitative estimate of drug-likeness (QED) is 0.802. The first kappa shape index (κ1) is 18.0. The highest BCUT2D eigenvalue weighted by atomic mass is 32.2. The molecule has 0 unspecified atom stereocenters. The summed E-state index contributed by atoms with van der Waals surface area (Å²) in [6, 6.07) is 11.1. The number of nitrogens with one attached hydrogen (secondary N) is 1. The number of sulfonamides is 1. The molecule has 0 saturated carbocycles. The van der Waals surface area contributed by atoms with Gasteiger partial charge in [0.05, 0.1) is 11.5 Å². The van der Waals surface area contributed by atoms with Crippen molar-refractivity contribution in [3.63, 3.8) is 0 Å². The second-order valence-corrected chi connectivity index (χ2v) is 6.99. The lowest BCUT2D eigenvalue weighted by Crippen LogP contribution is -2.18. The summed E-state index contributed by atoms with van der Waals surface area (Å²) in [7, 11) is -2.23. The summed E-state index contributed by atoms with van der Waals surface area (Å²) in [4.78, 5) is 11.6. The third-order valence-electron chi connectivity index (χ3n) is 3.42. The van der Waals surface area contributed by atoms with E-state index < -0.39 is 16.0 Å². The molecule has 0 aromatic heterocycles. The fourth-order valence-corrected chi connectivity index (χ4v) is 2.95. The van der Waals surface area contributed by atoms with Gasteiger partial charge < -0.3 is 9.84 Å². The highest BCUT2D eigenvalue weighted by Gasteiger charge is 2.15. The van der Waals surface area contributed by atoms with Crippen LogP contribution in [0.2, 0.25) is 0 Å². The van der Waals surface area contributed by atoms with Gasteiger partial charge in [-0.3, -0.25) is 0 Å². The van der Waals surface area contributed by atoms with Gasteiger partial charge in [-0.15, -0.1) is 0 Å². The molecular weight excluding hydrogens is 330 g/mol. The van der Waals surface area contributed by atoms with Crippen molar-refractivity contribution in [1.29, 1.82) is 0 Å². The number of carboxylic acid groups (broad SMARTS) is 1. The minimum atomic E-state index is -3.57. The van der Waals surface area contributed by atoms with Crippen molar-refractivity contribution in [2.24, 2.45) is 0 Å². The first-order chi connectivity index (χ1) is 11.4. The maximum absolute atomic E-state index is 11.9. The molecule has 6 nitrogen and oxygen atoms in total. The highest BCUT2D eigenvalue weighted by molar-refractivity contribution is 7.89. The lowest BCUT2D eigenvalue weighted by Gasteiger charge is -2.11. The minimum Gasteiger partial charge on any atom is -0.493 e. The lowest BCUT2D eigenvalue weighted by molar-refractivity contribution is 0.0692. The molecule has 0 aliphatic rings. The zero-order valence-corrected chi connectivity index (χ0v) is 14.3. The van der Waals surface area contributed by atoms with Crippen LogP contribution in [0.5, 0.6) is 5.75 Å². The van der Waals surface area contributed by atoms with Gasteiger partial charge in [-0.25, -0.2) is 17.9 Å². The number of rotatable bonds is 7. The van der Waals surface area contributed by atoms with Gasteiger partial charge in [-0.1, -0.05) is 25.1 Å². The van der Waals surface area contributed by atoms with Crippen molar-refractivity contribution in [3.05, 3.63) is 48.0 Å². The second-order valence-electron chi connectivity index (χ2n) is 5.10. The Morgan fingerprint density at radius 1 is 1.17 bits per heavy atom. The minimum absolute atomic E-state index is 0.0443. The first-order valence-electron chi connectivity index (χ1n) is 7.43. The molecule has 0 bridgehead atoms. The molecule has 7 heteroatoms. The van der Waals surface area contributed by atoms with Crippen LogP contribution in [0.15, 0.2) is 47.4 Å². The Morgan fingerprint density at radius 3 is 2.50 bits per heavy atom. The third-order valence-corrected chi connectivity index (χ3v) is 4.83. The molecule has 0 aliphatic heterocycles. The largest absolute Gasteiger partial charge is 0.493 e. The van der Waals surface area contributed by atoms with Crippen LogP contribution in [0.4, 0.5) is 0 Å². The van der Waals surface area contributed by atoms with Gasteiger partial charge in [0.1, 0.15) is 11.3 Å². The molecule has 0 fully saturated rings. The Labute approximate surface area is 141 Å². The molecule has 0 spiro atoms. The van der Waals surface area contributed by atoms with E-state index in [1.54, 1.807) is 24.3 Å². The van der Waals surface area contributed by atoms with Crippen molar-refractivity contribution < 1.29 is 23.1 Å². The average Bonchev–Trinajstić information content (AvgIpc) is 2.59. The van der Waals surface area contributed by atoms with Crippen LogP contribution in [-0.2, 0) is 10.0 Å². The fraction of sp³-hybridized carbons (Fsp3) is 0.235. The van der Waals surface area contributed by atoms with Crippen molar-refractivity contribution in [2.45, 2.75) is 18.2 Å². The molecule has 0 amide bonds.